The summed E-state index contributed by atoms with van der Waals surface area (Å²) in [5, 5.41) is 11.0. The number of hydrogen-bond donors (Lipinski definition) is 1. The monoisotopic (exact) mass is 430 g/mol. The molecule has 0 aromatic heterocycles. The fraction of sp³-hybridized carbons (Fsp3) is 0.500. The largest absolute Gasteiger partial charge is 0.461 e. The molecule has 0 fully saturated rings. The van der Waals surface area contributed by atoms with Crippen LogP contribution < -0.4 is 0 Å². The van der Waals surface area contributed by atoms with E-state index in [1.807, 2.05) is 38.1 Å². The molecule has 0 saturated carbocycles. The molecule has 0 bridgehead atoms. The molecule has 30 heavy (non-hydrogen) atoms. The van der Waals surface area contributed by atoms with E-state index in [1.165, 1.54) is 0 Å². The molecule has 0 aliphatic rings. The lowest BCUT2D eigenvalue weighted by atomic mass is 9.84. The van der Waals surface area contributed by atoms with Gasteiger partial charge in [-0.05, 0) is 48.8 Å². The number of aliphatic hydroxyl groups excluding tert-OH is 1. The van der Waals surface area contributed by atoms with Gasteiger partial charge < -0.3 is 9.84 Å². The van der Waals surface area contributed by atoms with E-state index in [9.17, 15) is 9.90 Å². The van der Waals surface area contributed by atoms with Crippen LogP contribution in [0.2, 0.25) is 0 Å². The molecule has 3 atom stereocenters. The Morgan fingerprint density at radius 3 is 2.43 bits per heavy atom. The maximum absolute atomic E-state index is 12.3. The van der Waals surface area contributed by atoms with Crippen molar-refractivity contribution >= 4 is 17.7 Å². The minimum atomic E-state index is -0.623. The second-order valence-electron chi connectivity index (χ2n) is 9.01. The van der Waals surface area contributed by atoms with Gasteiger partial charge in [0.1, 0.15) is 6.61 Å². The first-order valence-electron chi connectivity index (χ1n) is 10.5. The first-order valence-corrected chi connectivity index (χ1v) is 11.5. The second kappa shape index (κ2) is 12.8. The van der Waals surface area contributed by atoms with Crippen LogP contribution in [0.25, 0.3) is 0 Å². The highest BCUT2D eigenvalue weighted by Gasteiger charge is 2.28. The molecule has 0 aliphatic heterocycles. The number of carbonyl (C=O) groups is 1. The summed E-state index contributed by atoms with van der Waals surface area (Å²) >= 11 is 1.70. The Bertz CT molecular complexity index is 728. The molecule has 1 aromatic carbocycles. The molecule has 166 valence electrons. The van der Waals surface area contributed by atoms with Crippen LogP contribution in [0.4, 0.5) is 0 Å². The van der Waals surface area contributed by atoms with Crippen molar-refractivity contribution in [1.29, 1.82) is 0 Å². The Hall–Kier alpha value is -1.78. The van der Waals surface area contributed by atoms with Gasteiger partial charge in [-0.25, -0.2) is 0 Å². The predicted octanol–water partition coefficient (Wildman–Crippen LogP) is 6.45. The minimum absolute atomic E-state index is 0.0160. The van der Waals surface area contributed by atoms with Crippen LogP contribution in [0.15, 0.2) is 71.2 Å². The molecule has 1 aromatic rings. The van der Waals surface area contributed by atoms with Crippen molar-refractivity contribution in [3.8, 4) is 0 Å². The van der Waals surface area contributed by atoms with Crippen LogP contribution in [-0.2, 0) is 9.53 Å². The van der Waals surface area contributed by atoms with Gasteiger partial charge in [0.15, 0.2) is 0 Å². The lowest BCUT2D eigenvalue weighted by molar-refractivity contribution is -0.143. The third-order valence-corrected chi connectivity index (χ3v) is 6.02. The molecule has 0 spiro atoms. The Morgan fingerprint density at radius 2 is 1.87 bits per heavy atom. The molecule has 0 saturated heterocycles. The summed E-state index contributed by atoms with van der Waals surface area (Å²) in [6.07, 6.45) is 5.46. The molecule has 1 N–H and O–H groups in total. The van der Waals surface area contributed by atoms with Gasteiger partial charge >= 0.3 is 5.97 Å². The van der Waals surface area contributed by atoms with Crippen molar-refractivity contribution in [1.82, 2.24) is 0 Å². The Balaban J connectivity index is 2.94. The SMILES string of the molecule is C=CCOC(=O)C[C@@H](CSc1ccccc1)[C@H](C)[C@@H](O)/C(C)=C/C(C)=C/C(C)(C)C. The quantitative estimate of drug-likeness (QED) is 0.190. The van der Waals surface area contributed by atoms with Crippen LogP contribution >= 0.6 is 11.8 Å². The molecule has 0 unspecified atom stereocenters. The summed E-state index contributed by atoms with van der Waals surface area (Å²) in [7, 11) is 0. The van der Waals surface area contributed by atoms with E-state index in [-0.39, 0.29) is 36.2 Å². The van der Waals surface area contributed by atoms with Crippen molar-refractivity contribution in [2.45, 2.75) is 59.0 Å². The van der Waals surface area contributed by atoms with Crippen LogP contribution in [0.1, 0.15) is 48.0 Å². The number of esters is 1. The van der Waals surface area contributed by atoms with Crippen LogP contribution in [0.3, 0.4) is 0 Å². The smallest absolute Gasteiger partial charge is 0.306 e. The number of allylic oxidation sites excluding steroid dienone is 3. The summed E-state index contributed by atoms with van der Waals surface area (Å²) in [6.45, 7) is 16.3. The minimum Gasteiger partial charge on any atom is -0.461 e. The summed E-state index contributed by atoms with van der Waals surface area (Å²) in [6, 6.07) is 10.1. The maximum atomic E-state index is 12.3. The highest BCUT2D eigenvalue weighted by Crippen LogP contribution is 2.31. The normalized spacial score (nSPS) is 16.0. The average Bonchev–Trinajstić information content (AvgIpc) is 2.67. The Kier molecular flexibility index (Phi) is 11.2. The van der Waals surface area contributed by atoms with E-state index in [0.29, 0.717) is 0 Å². The molecule has 0 aliphatic carbocycles. The van der Waals surface area contributed by atoms with E-state index in [1.54, 1.807) is 17.8 Å². The Morgan fingerprint density at radius 1 is 1.23 bits per heavy atom. The third-order valence-electron chi connectivity index (χ3n) is 4.82. The summed E-state index contributed by atoms with van der Waals surface area (Å²) in [5.74, 6) is 0.377. The van der Waals surface area contributed by atoms with E-state index in [0.717, 1.165) is 21.8 Å². The van der Waals surface area contributed by atoms with Crippen LogP contribution in [0, 0.1) is 17.3 Å². The first kappa shape index (κ1) is 26.3. The molecular weight excluding hydrogens is 392 g/mol. The van der Waals surface area contributed by atoms with Gasteiger partial charge in [0.2, 0.25) is 0 Å². The zero-order chi connectivity index (χ0) is 22.7. The molecular formula is C26H38O3S. The van der Waals surface area contributed by atoms with Gasteiger partial charge in [0.25, 0.3) is 0 Å². The van der Waals surface area contributed by atoms with E-state index < -0.39 is 6.10 Å². The highest BCUT2D eigenvalue weighted by atomic mass is 32.2. The number of rotatable bonds is 11. The standard InChI is InChI=1S/C26H38O3S/c1-8-14-29-24(27)16-22(18-30-23-12-10-9-11-13-23)21(4)25(28)20(3)15-19(2)17-26(5,6)7/h8-13,15,17,21-22,25,28H,1,14,16,18H2,2-7H3/b19-17+,20-15+/t21-,22-,25-/m0/s1. The average molecular weight is 431 g/mol. The molecule has 1 rings (SSSR count). The number of benzene rings is 1. The molecule has 4 heteroatoms. The van der Waals surface area contributed by atoms with Gasteiger partial charge in [0, 0.05) is 17.1 Å². The lowest BCUT2D eigenvalue weighted by Gasteiger charge is -2.28. The van der Waals surface area contributed by atoms with Crippen molar-refractivity contribution in [3.05, 3.63) is 66.3 Å². The summed E-state index contributed by atoms with van der Waals surface area (Å²) in [5.41, 5.74) is 2.13. The molecule has 0 radical (unpaired) electrons. The Labute approximate surface area is 187 Å². The van der Waals surface area contributed by atoms with E-state index in [2.05, 4.69) is 52.5 Å². The topological polar surface area (TPSA) is 46.5 Å². The number of thioether (sulfide) groups is 1. The van der Waals surface area contributed by atoms with Gasteiger partial charge in [-0.3, -0.25) is 4.79 Å². The number of ether oxygens (including phenoxy) is 1. The number of hydrogen-bond acceptors (Lipinski definition) is 4. The van der Waals surface area contributed by atoms with Crippen molar-refractivity contribution < 1.29 is 14.6 Å². The van der Waals surface area contributed by atoms with E-state index in [4.69, 9.17) is 4.74 Å². The zero-order valence-corrected chi connectivity index (χ0v) is 20.2. The first-order chi connectivity index (χ1) is 14.0. The fourth-order valence-corrected chi connectivity index (χ4v) is 4.56. The molecule has 3 nitrogen and oxygen atoms in total. The lowest BCUT2D eigenvalue weighted by Crippen LogP contribution is -2.30. The second-order valence-corrected chi connectivity index (χ2v) is 10.1. The zero-order valence-electron chi connectivity index (χ0n) is 19.4. The summed E-state index contributed by atoms with van der Waals surface area (Å²) < 4.78 is 5.21. The number of aliphatic hydroxyl groups is 1. The van der Waals surface area contributed by atoms with E-state index >= 15 is 0 Å². The third kappa shape index (κ3) is 10.3. The maximum Gasteiger partial charge on any atom is 0.306 e. The van der Waals surface area contributed by atoms with Crippen molar-refractivity contribution in [2.24, 2.45) is 17.3 Å². The van der Waals surface area contributed by atoms with Gasteiger partial charge in [-0.1, -0.05) is 76.3 Å². The molecule has 0 heterocycles. The van der Waals surface area contributed by atoms with Crippen molar-refractivity contribution in [3.63, 3.8) is 0 Å². The summed E-state index contributed by atoms with van der Waals surface area (Å²) in [4.78, 5) is 13.4. The van der Waals surface area contributed by atoms with Gasteiger partial charge in [-0.15, -0.1) is 11.8 Å². The van der Waals surface area contributed by atoms with Crippen LogP contribution in [-0.4, -0.2) is 29.5 Å². The fourth-order valence-electron chi connectivity index (χ4n) is 3.38. The number of carbonyl (C=O) groups excluding carboxylic acids is 1. The van der Waals surface area contributed by atoms with Gasteiger partial charge in [0.05, 0.1) is 6.10 Å². The van der Waals surface area contributed by atoms with Crippen LogP contribution in [0.5, 0.6) is 0 Å². The molecule has 0 amide bonds. The highest BCUT2D eigenvalue weighted by molar-refractivity contribution is 7.99. The van der Waals surface area contributed by atoms with Crippen molar-refractivity contribution in [2.75, 3.05) is 12.4 Å². The van der Waals surface area contributed by atoms with Gasteiger partial charge in [-0.2, -0.15) is 0 Å². The predicted molar refractivity (Wildman–Crippen MR) is 129 cm³/mol.